The number of aromatic nitrogens is 1. The van der Waals surface area contributed by atoms with Crippen LogP contribution in [0.2, 0.25) is 4.34 Å². The molecule has 238 valence electrons. The van der Waals surface area contributed by atoms with Gasteiger partial charge >= 0.3 is 0 Å². The van der Waals surface area contributed by atoms with Crippen molar-refractivity contribution in [1.82, 2.24) is 19.7 Å². The first-order valence-corrected chi connectivity index (χ1v) is 17.1. The van der Waals surface area contributed by atoms with Crippen LogP contribution < -0.4 is 14.4 Å². The van der Waals surface area contributed by atoms with Gasteiger partial charge in [-0.3, -0.25) is 14.5 Å². The molecule has 0 aliphatic carbocycles. The third-order valence-corrected chi connectivity index (χ3v) is 10.6. The van der Waals surface area contributed by atoms with Crippen molar-refractivity contribution >= 4 is 50.5 Å². The number of anilines is 1. The number of piperazine rings is 1. The zero-order valence-electron chi connectivity index (χ0n) is 24.7. The van der Waals surface area contributed by atoms with Crippen molar-refractivity contribution in [1.29, 1.82) is 0 Å². The number of carbonyl (C=O) groups is 2. The first kappa shape index (κ1) is 32.4. The molecule has 2 aliphatic heterocycles. The SMILES string of the molecule is COc1c(N2CCCCC2=O)cc(F)cc1S(=O)(=O)NC(Cc1cc(-c2ccc(Cl)s2)on1)C(=O)N1CCN(C(C)C)CC1. The maximum absolute atomic E-state index is 15.0. The van der Waals surface area contributed by atoms with Crippen molar-refractivity contribution in [3.63, 3.8) is 0 Å². The van der Waals surface area contributed by atoms with E-state index in [1.165, 1.54) is 23.3 Å². The zero-order chi connectivity index (χ0) is 31.6. The van der Waals surface area contributed by atoms with E-state index in [-0.39, 0.29) is 30.2 Å². The van der Waals surface area contributed by atoms with Crippen LogP contribution in [0.1, 0.15) is 38.8 Å². The molecule has 2 aliphatic rings. The Hall–Kier alpha value is -3.04. The number of carbonyl (C=O) groups excluding carboxylic acids is 2. The van der Waals surface area contributed by atoms with Crippen molar-refractivity contribution in [3.8, 4) is 16.4 Å². The second kappa shape index (κ2) is 13.5. The molecule has 0 saturated carbocycles. The van der Waals surface area contributed by atoms with Crippen LogP contribution in [0.25, 0.3) is 10.6 Å². The number of amides is 2. The number of methoxy groups -OCH3 is 1. The van der Waals surface area contributed by atoms with Crippen molar-refractivity contribution in [2.45, 2.75) is 56.5 Å². The molecule has 2 aromatic heterocycles. The molecule has 0 radical (unpaired) electrons. The largest absolute Gasteiger partial charge is 0.493 e. The number of nitrogens with zero attached hydrogens (tertiary/aromatic N) is 4. The van der Waals surface area contributed by atoms with Gasteiger partial charge in [-0.15, -0.1) is 11.3 Å². The predicted octanol–water partition coefficient (Wildman–Crippen LogP) is 4.16. The van der Waals surface area contributed by atoms with E-state index in [1.807, 2.05) is 0 Å². The van der Waals surface area contributed by atoms with Gasteiger partial charge in [-0.05, 0) is 44.9 Å². The van der Waals surface area contributed by atoms with Gasteiger partial charge in [0.05, 0.1) is 27.7 Å². The van der Waals surface area contributed by atoms with Crippen LogP contribution in [0.3, 0.4) is 0 Å². The van der Waals surface area contributed by atoms with E-state index >= 15 is 0 Å². The molecule has 4 heterocycles. The summed E-state index contributed by atoms with van der Waals surface area (Å²) in [5.74, 6) is -1.30. The summed E-state index contributed by atoms with van der Waals surface area (Å²) < 4.78 is 56.9. The molecule has 0 bridgehead atoms. The highest BCUT2D eigenvalue weighted by Gasteiger charge is 2.35. The minimum absolute atomic E-state index is 0.0287. The minimum Gasteiger partial charge on any atom is -0.493 e. The average Bonchev–Trinajstić information content (AvgIpc) is 3.65. The lowest BCUT2D eigenvalue weighted by Crippen LogP contribution is -2.56. The summed E-state index contributed by atoms with van der Waals surface area (Å²) in [5, 5.41) is 4.08. The topological polar surface area (TPSA) is 125 Å². The van der Waals surface area contributed by atoms with Gasteiger partial charge in [0.15, 0.2) is 11.5 Å². The summed E-state index contributed by atoms with van der Waals surface area (Å²) in [6, 6.07) is 6.07. The molecule has 1 unspecified atom stereocenters. The number of nitrogens with one attached hydrogen (secondary N) is 1. The number of benzene rings is 1. The maximum atomic E-state index is 15.0. The number of ether oxygens (including phenoxy) is 1. The number of hydrogen-bond donors (Lipinski definition) is 1. The summed E-state index contributed by atoms with van der Waals surface area (Å²) in [5.41, 5.74) is 0.373. The normalized spacial score (nSPS) is 17.4. The standard InChI is InChI=1S/C29H35ClFN5O6S2/c1-18(2)34-10-12-35(13-11-34)29(38)21(16-20-17-23(42-32-20)24-7-8-26(30)43-24)33-44(39,40)25-15-19(31)14-22(28(25)41-3)36-9-5-4-6-27(36)37/h7-8,14-15,17-18,21,33H,4-6,9-13,16H2,1-3H3. The van der Waals surface area contributed by atoms with Gasteiger partial charge in [0.25, 0.3) is 0 Å². The van der Waals surface area contributed by atoms with Crippen molar-refractivity contribution < 1.29 is 31.7 Å². The Labute approximate surface area is 264 Å². The van der Waals surface area contributed by atoms with E-state index in [0.29, 0.717) is 67.4 Å². The maximum Gasteiger partial charge on any atom is 0.245 e. The summed E-state index contributed by atoms with van der Waals surface area (Å²) >= 11 is 7.35. The van der Waals surface area contributed by atoms with E-state index in [0.717, 1.165) is 17.0 Å². The Morgan fingerprint density at radius 1 is 1.16 bits per heavy atom. The lowest BCUT2D eigenvalue weighted by Gasteiger charge is -2.38. The number of hydrogen-bond acceptors (Lipinski definition) is 9. The Kier molecular flexibility index (Phi) is 9.95. The number of sulfonamides is 1. The van der Waals surface area contributed by atoms with Crippen molar-refractivity contribution in [3.05, 3.63) is 46.2 Å². The number of rotatable bonds is 10. The smallest absolute Gasteiger partial charge is 0.245 e. The van der Waals surface area contributed by atoms with E-state index in [9.17, 15) is 22.4 Å². The van der Waals surface area contributed by atoms with Gasteiger partial charge in [0.1, 0.15) is 16.8 Å². The fourth-order valence-electron chi connectivity index (χ4n) is 5.51. The fraction of sp³-hybridized carbons (Fsp3) is 0.483. The average molecular weight is 668 g/mol. The number of thiophene rings is 1. The van der Waals surface area contributed by atoms with E-state index in [4.69, 9.17) is 20.9 Å². The van der Waals surface area contributed by atoms with Crippen molar-refractivity contribution in [2.75, 3.05) is 44.7 Å². The monoisotopic (exact) mass is 667 g/mol. The second-order valence-electron chi connectivity index (χ2n) is 11.1. The molecule has 1 atom stereocenters. The molecular weight excluding hydrogens is 633 g/mol. The minimum atomic E-state index is -4.56. The molecule has 1 aromatic carbocycles. The van der Waals surface area contributed by atoms with E-state index in [1.54, 1.807) is 23.1 Å². The van der Waals surface area contributed by atoms with Gasteiger partial charge in [-0.1, -0.05) is 16.8 Å². The van der Waals surface area contributed by atoms with Crippen molar-refractivity contribution in [2.24, 2.45) is 0 Å². The molecule has 15 heteroatoms. The zero-order valence-corrected chi connectivity index (χ0v) is 27.1. The van der Waals surface area contributed by atoms with Crippen LogP contribution in [0.15, 0.2) is 39.8 Å². The quantitative estimate of drug-likeness (QED) is 0.342. The third-order valence-electron chi connectivity index (χ3n) is 7.85. The van der Waals surface area contributed by atoms with Crippen LogP contribution in [0.4, 0.5) is 10.1 Å². The Morgan fingerprint density at radius 3 is 2.55 bits per heavy atom. The van der Waals surface area contributed by atoms with Crippen LogP contribution in [0, 0.1) is 5.82 Å². The number of halogens is 2. The molecule has 1 N–H and O–H groups in total. The summed E-state index contributed by atoms with van der Waals surface area (Å²) in [6.07, 6.45) is 1.51. The Morgan fingerprint density at radius 2 is 1.91 bits per heavy atom. The highest BCUT2D eigenvalue weighted by Crippen LogP contribution is 2.38. The molecule has 3 aromatic rings. The lowest BCUT2D eigenvalue weighted by atomic mass is 10.1. The van der Waals surface area contributed by atoms with Gasteiger partial charge in [0.2, 0.25) is 21.8 Å². The van der Waals surface area contributed by atoms with Gasteiger partial charge < -0.3 is 19.1 Å². The molecule has 5 rings (SSSR count). The van der Waals surface area contributed by atoms with Crippen LogP contribution >= 0.6 is 22.9 Å². The van der Waals surface area contributed by atoms with E-state index in [2.05, 4.69) is 28.6 Å². The third kappa shape index (κ3) is 7.09. The first-order valence-electron chi connectivity index (χ1n) is 14.4. The molecule has 0 spiro atoms. The lowest BCUT2D eigenvalue weighted by molar-refractivity contribution is -0.135. The molecule has 2 saturated heterocycles. The Balaban J connectivity index is 1.47. The molecule has 2 fully saturated rings. The first-order chi connectivity index (χ1) is 21.0. The highest BCUT2D eigenvalue weighted by molar-refractivity contribution is 7.89. The highest BCUT2D eigenvalue weighted by atomic mass is 35.5. The number of piperidine rings is 1. The molecule has 11 nitrogen and oxygen atoms in total. The predicted molar refractivity (Wildman–Crippen MR) is 165 cm³/mol. The van der Waals surface area contributed by atoms with Gasteiger partial charge in [-0.25, -0.2) is 12.8 Å². The van der Waals surface area contributed by atoms with Crippen LogP contribution in [-0.2, 0) is 26.0 Å². The van der Waals surface area contributed by atoms with Gasteiger partial charge in [0, 0.05) is 63.7 Å². The van der Waals surface area contributed by atoms with Crippen LogP contribution in [0.5, 0.6) is 5.75 Å². The summed E-state index contributed by atoms with van der Waals surface area (Å²) in [4.78, 5) is 32.0. The summed E-state index contributed by atoms with van der Waals surface area (Å²) in [7, 11) is -3.30. The molecule has 2 amide bonds. The molecule has 44 heavy (non-hydrogen) atoms. The molecular formula is C29H35ClFN5O6S2. The Bertz CT molecular complexity index is 1620. The van der Waals surface area contributed by atoms with Crippen LogP contribution in [-0.4, -0.2) is 87.1 Å². The second-order valence-corrected chi connectivity index (χ2v) is 14.5. The fourth-order valence-corrected chi connectivity index (χ4v) is 7.89. The van der Waals surface area contributed by atoms with E-state index < -0.39 is 32.7 Å². The summed E-state index contributed by atoms with van der Waals surface area (Å²) in [6.45, 7) is 6.57. The van der Waals surface area contributed by atoms with Gasteiger partial charge in [-0.2, -0.15) is 4.72 Å².